The van der Waals surface area contributed by atoms with Gasteiger partial charge in [0, 0.05) is 78.6 Å². The van der Waals surface area contributed by atoms with Crippen LogP contribution in [0.15, 0.2) is 304 Å². The van der Waals surface area contributed by atoms with Crippen molar-refractivity contribution in [1.82, 2.24) is 19.9 Å². The summed E-state index contributed by atoms with van der Waals surface area (Å²) in [6.45, 7) is 0. The second-order valence-corrected chi connectivity index (χ2v) is 21.0. The molecule has 0 aliphatic rings. The molecule has 0 atom stereocenters. The van der Waals surface area contributed by atoms with Crippen molar-refractivity contribution in [2.45, 2.75) is 0 Å². The minimum absolute atomic E-state index is 0.778. The van der Waals surface area contributed by atoms with Crippen LogP contribution in [0.2, 0.25) is 0 Å². The van der Waals surface area contributed by atoms with Crippen LogP contribution < -0.4 is 19.6 Å². The average Bonchev–Trinajstić information content (AvgIpc) is 1.02. The zero-order chi connectivity index (χ0) is 55.5. The molecule has 0 unspecified atom stereocenters. The van der Waals surface area contributed by atoms with Gasteiger partial charge in [-0.1, -0.05) is 194 Å². The Bertz CT molecular complexity index is 4460. The Hall–Kier alpha value is -11.5. The summed E-state index contributed by atoms with van der Waals surface area (Å²) < 4.78 is 0. The molecule has 0 amide bonds. The molecule has 84 heavy (non-hydrogen) atoms. The van der Waals surface area contributed by atoms with E-state index in [-0.39, 0.29) is 0 Å². The summed E-state index contributed by atoms with van der Waals surface area (Å²) in [4.78, 5) is 30.3. The van der Waals surface area contributed by atoms with Crippen molar-refractivity contribution in [2.75, 3.05) is 19.6 Å². The second-order valence-electron chi connectivity index (χ2n) is 21.0. The quantitative estimate of drug-likeness (QED) is 0.112. The van der Waals surface area contributed by atoms with Crippen molar-refractivity contribution in [3.8, 4) is 0 Å². The lowest BCUT2D eigenvalue weighted by molar-refractivity contribution is 1.17. The molecule has 8 heteroatoms. The minimum Gasteiger partial charge on any atom is -0.294 e. The molecule has 0 radical (unpaired) electrons. The van der Waals surface area contributed by atoms with Crippen LogP contribution in [0.25, 0.3) is 75.4 Å². The molecule has 0 aliphatic heterocycles. The fraction of sp³-hybridized carbons (Fsp3) is 0. The number of benzene rings is 12. The van der Waals surface area contributed by atoms with Crippen LogP contribution in [-0.4, -0.2) is 19.9 Å². The van der Waals surface area contributed by atoms with Gasteiger partial charge in [0.05, 0.1) is 45.5 Å². The molecule has 0 bridgehead atoms. The van der Waals surface area contributed by atoms with Crippen molar-refractivity contribution >= 4 is 144 Å². The van der Waals surface area contributed by atoms with Crippen LogP contribution in [0, 0.1) is 0 Å². The first-order chi connectivity index (χ1) is 41.7. The summed E-state index contributed by atoms with van der Waals surface area (Å²) in [5, 5.41) is 15.2. The van der Waals surface area contributed by atoms with Crippen molar-refractivity contribution in [3.63, 3.8) is 0 Å². The van der Waals surface area contributed by atoms with E-state index < -0.39 is 0 Å². The van der Waals surface area contributed by atoms with Gasteiger partial charge in [-0.15, -0.1) is 0 Å². The maximum Gasteiger partial charge on any atom is 0.137 e. The van der Waals surface area contributed by atoms with Crippen LogP contribution in [0.4, 0.5) is 68.8 Å². The lowest BCUT2D eigenvalue weighted by Gasteiger charge is -2.34. The first-order valence-electron chi connectivity index (χ1n) is 28.3. The topological polar surface area (TPSA) is 64.5 Å². The third-order valence-electron chi connectivity index (χ3n) is 16.3. The Morgan fingerprint density at radius 2 is 0.405 bits per heavy atom. The van der Waals surface area contributed by atoms with Gasteiger partial charge in [-0.25, -0.2) is 19.9 Å². The van der Waals surface area contributed by atoms with Gasteiger partial charge < -0.3 is 0 Å². The number of pyridine rings is 4. The summed E-state index contributed by atoms with van der Waals surface area (Å²) in [5.41, 5.74) is 7.78. The highest BCUT2D eigenvalue weighted by Crippen LogP contribution is 2.56. The van der Waals surface area contributed by atoms with E-state index in [9.17, 15) is 0 Å². The number of rotatable bonds is 12. The molecule has 0 N–H and O–H groups in total. The fourth-order valence-electron chi connectivity index (χ4n) is 12.7. The zero-order valence-electron chi connectivity index (χ0n) is 45.4. The van der Waals surface area contributed by atoms with E-state index in [4.69, 9.17) is 19.9 Å². The van der Waals surface area contributed by atoms with Gasteiger partial charge in [-0.2, -0.15) is 0 Å². The van der Waals surface area contributed by atoms with Gasteiger partial charge in [0.2, 0.25) is 0 Å². The highest BCUT2D eigenvalue weighted by atomic mass is 15.2. The average molecular weight is 1080 g/mol. The maximum atomic E-state index is 5.21. The fourth-order valence-corrected chi connectivity index (χ4v) is 12.7. The van der Waals surface area contributed by atoms with Gasteiger partial charge in [-0.3, -0.25) is 19.6 Å². The number of aromatic nitrogens is 4. The zero-order valence-corrected chi connectivity index (χ0v) is 45.4. The molecule has 16 aromatic rings. The van der Waals surface area contributed by atoms with Crippen molar-refractivity contribution in [2.24, 2.45) is 0 Å². The van der Waals surface area contributed by atoms with Gasteiger partial charge in [0.25, 0.3) is 0 Å². The molecule has 4 heterocycles. The van der Waals surface area contributed by atoms with Crippen LogP contribution in [0.3, 0.4) is 0 Å². The molecule has 4 aromatic heterocycles. The van der Waals surface area contributed by atoms with E-state index in [1.807, 2.05) is 49.1 Å². The molecule has 0 saturated heterocycles. The van der Waals surface area contributed by atoms with E-state index in [2.05, 4.69) is 274 Å². The lowest BCUT2D eigenvalue weighted by Crippen LogP contribution is -2.17. The van der Waals surface area contributed by atoms with E-state index in [1.54, 1.807) is 0 Å². The lowest BCUT2D eigenvalue weighted by atomic mass is 9.89. The number of hydrogen-bond acceptors (Lipinski definition) is 8. The van der Waals surface area contributed by atoms with E-state index in [0.29, 0.717) is 0 Å². The molecule has 0 spiro atoms. The van der Waals surface area contributed by atoms with Crippen molar-refractivity contribution in [1.29, 1.82) is 0 Å². The highest BCUT2D eigenvalue weighted by Gasteiger charge is 2.31. The van der Waals surface area contributed by atoms with E-state index in [0.717, 1.165) is 144 Å². The maximum absolute atomic E-state index is 5.21. The highest BCUT2D eigenvalue weighted by molar-refractivity contribution is 6.33. The Balaban J connectivity index is 1.12. The molecule has 0 aliphatic carbocycles. The second kappa shape index (κ2) is 20.3. The van der Waals surface area contributed by atoms with Crippen LogP contribution in [0.5, 0.6) is 0 Å². The Labute approximate surface area is 485 Å². The Morgan fingerprint density at radius 3 is 0.643 bits per heavy atom. The van der Waals surface area contributed by atoms with E-state index >= 15 is 0 Å². The van der Waals surface area contributed by atoms with Gasteiger partial charge >= 0.3 is 0 Å². The Morgan fingerprint density at radius 1 is 0.179 bits per heavy atom. The predicted octanol–water partition coefficient (Wildman–Crippen LogP) is 20.7. The van der Waals surface area contributed by atoms with Gasteiger partial charge in [-0.05, 0) is 106 Å². The number of anilines is 12. The van der Waals surface area contributed by atoms with Crippen LogP contribution in [-0.2, 0) is 0 Å². The minimum atomic E-state index is 0.778. The third kappa shape index (κ3) is 7.99. The summed E-state index contributed by atoms with van der Waals surface area (Å²) in [7, 11) is 0. The van der Waals surface area contributed by atoms with Crippen LogP contribution >= 0.6 is 0 Å². The molecule has 8 nitrogen and oxygen atoms in total. The molecular formula is C76H50N8. The molecular weight excluding hydrogens is 1020 g/mol. The SMILES string of the molecule is c1ccc(N(c2cccc3ccccc23)c2cc(N(c3ccccn3)c3cccc4ccccc34)c3ccc4c(N(c5ccccn5)c5cccc6ccccc56)cc(N(c5ccccn5)c5cccc6ccccc56)c5ccc2c3c54)nc1. The third-order valence-corrected chi connectivity index (χ3v) is 16.3. The predicted molar refractivity (Wildman–Crippen MR) is 350 cm³/mol. The largest absolute Gasteiger partial charge is 0.294 e. The summed E-state index contributed by atoms with van der Waals surface area (Å²) in [6, 6.07) is 99.5. The summed E-state index contributed by atoms with van der Waals surface area (Å²) in [5.74, 6) is 3.11. The molecule has 0 saturated carbocycles. The number of hydrogen-bond donors (Lipinski definition) is 0. The number of nitrogens with zero attached hydrogens (tertiary/aromatic N) is 8. The summed E-state index contributed by atoms with van der Waals surface area (Å²) in [6.07, 6.45) is 7.55. The normalized spacial score (nSPS) is 11.6. The molecule has 0 fully saturated rings. The Kier molecular flexibility index (Phi) is 11.7. The van der Waals surface area contributed by atoms with Gasteiger partial charge in [0.15, 0.2) is 0 Å². The van der Waals surface area contributed by atoms with E-state index in [1.165, 1.54) is 0 Å². The standard InChI is InChI=1S/C76H50N8/c1-5-29-55-51(21-1)25-17-33-63(55)81(71-37-9-13-45-77-71)67-49-68(82(72-38-10-14-46-78-72)64-34-18-26-52-22-2-6-30-56(52)64)60-43-44-62-70(84(74-40-12-16-48-80-74)66-36-20-28-54-24-4-8-32-58(54)66)50-69(61-42-41-59(67)75(60)76(61)62)83(73-39-11-15-47-79-73)65-35-19-27-53-23-3-7-31-57(53)65/h1-50H. The van der Waals surface area contributed by atoms with Crippen molar-refractivity contribution in [3.05, 3.63) is 304 Å². The number of fused-ring (bicyclic) bond motifs is 4. The first-order valence-corrected chi connectivity index (χ1v) is 28.3. The van der Waals surface area contributed by atoms with Gasteiger partial charge in [0.1, 0.15) is 23.3 Å². The monoisotopic (exact) mass is 1070 g/mol. The van der Waals surface area contributed by atoms with Crippen molar-refractivity contribution < 1.29 is 0 Å². The van der Waals surface area contributed by atoms with Crippen LogP contribution in [0.1, 0.15) is 0 Å². The smallest absolute Gasteiger partial charge is 0.137 e. The molecule has 16 rings (SSSR count). The molecule has 12 aromatic carbocycles. The molecule has 394 valence electrons. The first kappa shape index (κ1) is 48.4. The summed E-state index contributed by atoms with van der Waals surface area (Å²) >= 11 is 0.